The van der Waals surface area contributed by atoms with Gasteiger partial charge in [-0.25, -0.2) is 0 Å². The number of hydrogen-bond donors (Lipinski definition) is 0. The van der Waals surface area contributed by atoms with Crippen molar-refractivity contribution in [1.82, 2.24) is 4.57 Å². The minimum absolute atomic E-state index is 0.864. The van der Waals surface area contributed by atoms with Crippen molar-refractivity contribution >= 4 is 82.4 Å². The van der Waals surface area contributed by atoms with E-state index < -0.39 is 0 Å². The first-order valence-electron chi connectivity index (χ1n) is 20.2. The van der Waals surface area contributed by atoms with Gasteiger partial charge in [0, 0.05) is 38.8 Å². The number of hydrogen-bond acceptors (Lipinski definition) is 2. The number of nitrogens with zero attached hydrogens (tertiary/aromatic N) is 2. The molecule has 276 valence electrons. The molecule has 0 aliphatic carbocycles. The Balaban J connectivity index is 1.02. The summed E-state index contributed by atoms with van der Waals surface area (Å²) in [6, 6.07) is 78.6. The zero-order valence-corrected chi connectivity index (χ0v) is 32.1. The van der Waals surface area contributed by atoms with E-state index in [0.717, 1.165) is 61.4 Å². The fraction of sp³-hybridized carbons (Fsp3) is 0. The lowest BCUT2D eigenvalue weighted by atomic mass is 9.96. The minimum atomic E-state index is 0.864. The van der Waals surface area contributed by atoms with Crippen LogP contribution in [0.2, 0.25) is 0 Å². The Morgan fingerprint density at radius 3 is 1.75 bits per heavy atom. The number of fused-ring (bicyclic) bond motifs is 9. The van der Waals surface area contributed by atoms with Gasteiger partial charge in [-0.05, 0) is 111 Å². The highest BCUT2D eigenvalue weighted by Gasteiger charge is 2.23. The molecule has 12 aromatic rings. The quantitative estimate of drug-likeness (QED) is 0.158. The van der Waals surface area contributed by atoms with Gasteiger partial charge in [-0.2, -0.15) is 0 Å². The summed E-state index contributed by atoms with van der Waals surface area (Å²) in [5, 5.41) is 9.69. The van der Waals surface area contributed by atoms with Gasteiger partial charge < -0.3 is 13.9 Å². The summed E-state index contributed by atoms with van der Waals surface area (Å²) in [4.78, 5) is 2.37. The maximum Gasteiger partial charge on any atom is 0.145 e. The standard InChI is InChI=1S/C56H36N2O/c1-2-15-42(16-3-1)57(44-17-12-14-40(35-44)41-28-27-39-26-25-37-13-4-5-18-45(37)50(39)36-41)53-34-33-46(56-55(53)49-21-8-11-24-54(49)59-56)38-29-31-43(32-30-38)58-51-22-9-6-19-47(51)48-20-7-10-23-52(48)58/h1-36H. The fourth-order valence-electron chi connectivity index (χ4n) is 9.23. The lowest BCUT2D eigenvalue weighted by Gasteiger charge is -2.27. The SMILES string of the molecule is c1ccc(N(c2cccc(-c3ccc4ccc5ccccc5c4c3)c2)c2ccc(-c3ccc(-n4c5ccccc5c5ccccc54)cc3)c3oc4ccccc4c23)cc1. The van der Waals surface area contributed by atoms with Crippen molar-refractivity contribution in [3.63, 3.8) is 0 Å². The maximum atomic E-state index is 6.86. The first-order valence-corrected chi connectivity index (χ1v) is 20.2. The summed E-state index contributed by atoms with van der Waals surface area (Å²) in [6.45, 7) is 0. The molecule has 0 N–H and O–H groups in total. The lowest BCUT2D eigenvalue weighted by Crippen LogP contribution is -2.10. The molecule has 0 amide bonds. The summed E-state index contributed by atoms with van der Waals surface area (Å²) in [5.41, 5.74) is 13.0. The molecule has 0 saturated heterocycles. The Morgan fingerprint density at radius 2 is 0.966 bits per heavy atom. The molecule has 0 fully saturated rings. The van der Waals surface area contributed by atoms with Crippen LogP contribution in [0.4, 0.5) is 17.1 Å². The van der Waals surface area contributed by atoms with E-state index >= 15 is 0 Å². The molecule has 0 atom stereocenters. The Labute approximate surface area is 341 Å². The molecule has 0 unspecified atom stereocenters. The highest BCUT2D eigenvalue weighted by molar-refractivity contribution is 6.17. The first-order chi connectivity index (χ1) is 29.3. The number of furan rings is 1. The molecule has 3 heteroatoms. The van der Waals surface area contributed by atoms with Crippen LogP contribution in [-0.2, 0) is 0 Å². The highest BCUT2D eigenvalue weighted by atomic mass is 16.3. The monoisotopic (exact) mass is 752 g/mol. The average molecular weight is 753 g/mol. The fourth-order valence-corrected chi connectivity index (χ4v) is 9.23. The summed E-state index contributed by atoms with van der Waals surface area (Å²) in [5.74, 6) is 0. The highest BCUT2D eigenvalue weighted by Crippen LogP contribution is 2.47. The van der Waals surface area contributed by atoms with Crippen LogP contribution < -0.4 is 4.90 Å². The maximum absolute atomic E-state index is 6.86. The van der Waals surface area contributed by atoms with Crippen molar-refractivity contribution in [2.75, 3.05) is 4.90 Å². The van der Waals surface area contributed by atoms with Gasteiger partial charge >= 0.3 is 0 Å². The molecule has 0 aliphatic rings. The van der Waals surface area contributed by atoms with Gasteiger partial charge in [-0.15, -0.1) is 0 Å². The molecule has 2 heterocycles. The van der Waals surface area contributed by atoms with Crippen LogP contribution >= 0.6 is 0 Å². The molecule has 0 saturated carbocycles. The predicted molar refractivity (Wildman–Crippen MR) is 249 cm³/mol. The van der Waals surface area contributed by atoms with E-state index in [0.29, 0.717) is 0 Å². The van der Waals surface area contributed by atoms with Gasteiger partial charge in [-0.1, -0.05) is 146 Å². The topological polar surface area (TPSA) is 21.3 Å². The molecule has 3 nitrogen and oxygen atoms in total. The first kappa shape index (κ1) is 33.3. The summed E-state index contributed by atoms with van der Waals surface area (Å²) in [7, 11) is 0. The van der Waals surface area contributed by atoms with Gasteiger partial charge in [-0.3, -0.25) is 0 Å². The van der Waals surface area contributed by atoms with Crippen LogP contribution in [0.5, 0.6) is 0 Å². The lowest BCUT2D eigenvalue weighted by molar-refractivity contribution is 0.670. The molecule has 12 rings (SSSR count). The number of benzene rings is 10. The Bertz CT molecular complexity index is 3500. The smallest absolute Gasteiger partial charge is 0.145 e. The molecular weight excluding hydrogens is 717 g/mol. The van der Waals surface area contributed by atoms with E-state index in [-0.39, 0.29) is 0 Å². The molecule has 10 aromatic carbocycles. The van der Waals surface area contributed by atoms with Gasteiger partial charge in [0.2, 0.25) is 0 Å². The van der Waals surface area contributed by atoms with E-state index in [1.807, 2.05) is 0 Å². The van der Waals surface area contributed by atoms with Crippen LogP contribution in [-0.4, -0.2) is 4.57 Å². The van der Waals surface area contributed by atoms with Gasteiger partial charge in [0.25, 0.3) is 0 Å². The van der Waals surface area contributed by atoms with Crippen LogP contribution in [0.25, 0.3) is 93.2 Å². The third-order valence-electron chi connectivity index (χ3n) is 12.0. The molecule has 59 heavy (non-hydrogen) atoms. The number of para-hydroxylation sites is 4. The second kappa shape index (κ2) is 13.4. The second-order valence-electron chi connectivity index (χ2n) is 15.3. The minimum Gasteiger partial charge on any atom is -0.455 e. The van der Waals surface area contributed by atoms with Crippen molar-refractivity contribution in [2.24, 2.45) is 0 Å². The molecule has 0 aliphatic heterocycles. The summed E-state index contributed by atoms with van der Waals surface area (Å²) >= 11 is 0. The van der Waals surface area contributed by atoms with Crippen molar-refractivity contribution in [3.8, 4) is 27.9 Å². The predicted octanol–water partition coefficient (Wildman–Crippen LogP) is 15.8. The van der Waals surface area contributed by atoms with Crippen molar-refractivity contribution in [3.05, 3.63) is 218 Å². The zero-order valence-electron chi connectivity index (χ0n) is 32.1. The number of rotatable bonds is 6. The van der Waals surface area contributed by atoms with Crippen LogP contribution in [0.3, 0.4) is 0 Å². The van der Waals surface area contributed by atoms with Crippen LogP contribution in [0, 0.1) is 0 Å². The van der Waals surface area contributed by atoms with Gasteiger partial charge in [0.1, 0.15) is 11.2 Å². The Hall–Kier alpha value is -7.88. The summed E-state index contributed by atoms with van der Waals surface area (Å²) < 4.78 is 9.22. The largest absolute Gasteiger partial charge is 0.455 e. The third-order valence-corrected chi connectivity index (χ3v) is 12.0. The van der Waals surface area contributed by atoms with Crippen molar-refractivity contribution in [2.45, 2.75) is 0 Å². The van der Waals surface area contributed by atoms with E-state index in [2.05, 4.69) is 228 Å². The normalized spacial score (nSPS) is 11.7. The molecule has 0 radical (unpaired) electrons. The van der Waals surface area contributed by atoms with E-state index in [9.17, 15) is 0 Å². The molecule has 2 aromatic heterocycles. The van der Waals surface area contributed by atoms with Gasteiger partial charge in [0.15, 0.2) is 0 Å². The number of aromatic nitrogens is 1. The Morgan fingerprint density at radius 1 is 0.373 bits per heavy atom. The van der Waals surface area contributed by atoms with Crippen molar-refractivity contribution < 1.29 is 4.42 Å². The van der Waals surface area contributed by atoms with Crippen LogP contribution in [0.1, 0.15) is 0 Å². The van der Waals surface area contributed by atoms with E-state index in [4.69, 9.17) is 4.42 Å². The van der Waals surface area contributed by atoms with Gasteiger partial charge in [0.05, 0.1) is 22.1 Å². The summed E-state index contributed by atoms with van der Waals surface area (Å²) in [6.07, 6.45) is 0. The van der Waals surface area contributed by atoms with Crippen LogP contribution in [0.15, 0.2) is 223 Å². The van der Waals surface area contributed by atoms with Crippen molar-refractivity contribution in [1.29, 1.82) is 0 Å². The Kier molecular flexibility index (Phi) is 7.54. The number of anilines is 3. The molecular formula is C56H36N2O. The van der Waals surface area contributed by atoms with E-state index in [1.165, 1.54) is 48.9 Å². The molecule has 0 bridgehead atoms. The third kappa shape index (κ3) is 5.36. The van der Waals surface area contributed by atoms with E-state index in [1.54, 1.807) is 0 Å². The second-order valence-corrected chi connectivity index (χ2v) is 15.3. The average Bonchev–Trinajstić information content (AvgIpc) is 3.86. The zero-order chi connectivity index (χ0) is 38.9. The molecule has 0 spiro atoms.